The number of halogens is 2. The summed E-state index contributed by atoms with van der Waals surface area (Å²) in [7, 11) is 1.37. The van der Waals surface area contributed by atoms with Gasteiger partial charge in [-0.2, -0.15) is 0 Å². The van der Waals surface area contributed by atoms with Crippen molar-refractivity contribution in [3.8, 4) is 0 Å². The van der Waals surface area contributed by atoms with E-state index in [2.05, 4.69) is 5.32 Å². The lowest BCUT2D eigenvalue weighted by Gasteiger charge is -2.18. The standard InChI is InChI=1S/C17H15Cl2NO4/c1-23-10-15(21)24-16(11-5-3-2-4-6-11)17(22)20-14-8-12(18)7-13(19)9-14/h2-9,16H,10H2,1H3,(H,20,22)/t16-/m1/s1. The van der Waals surface area contributed by atoms with Crippen LogP contribution in [-0.4, -0.2) is 25.6 Å². The third kappa shape index (κ3) is 5.23. The van der Waals surface area contributed by atoms with Crippen molar-refractivity contribution in [2.24, 2.45) is 0 Å². The number of ether oxygens (including phenoxy) is 2. The summed E-state index contributed by atoms with van der Waals surface area (Å²) in [6.45, 7) is -0.250. The number of nitrogens with one attached hydrogen (secondary N) is 1. The van der Waals surface area contributed by atoms with Crippen molar-refractivity contribution >= 4 is 40.8 Å². The van der Waals surface area contributed by atoms with Gasteiger partial charge in [-0.3, -0.25) is 4.79 Å². The minimum atomic E-state index is -1.12. The number of rotatable bonds is 6. The van der Waals surface area contributed by atoms with Gasteiger partial charge in [0.15, 0.2) is 0 Å². The molecule has 1 N–H and O–H groups in total. The highest BCUT2D eigenvalue weighted by molar-refractivity contribution is 6.35. The Morgan fingerprint density at radius 1 is 1.08 bits per heavy atom. The molecule has 0 radical (unpaired) electrons. The lowest BCUT2D eigenvalue weighted by molar-refractivity contribution is -0.158. The van der Waals surface area contributed by atoms with E-state index in [1.165, 1.54) is 7.11 Å². The average Bonchev–Trinajstić information content (AvgIpc) is 2.52. The van der Waals surface area contributed by atoms with E-state index in [4.69, 9.17) is 32.7 Å². The largest absolute Gasteiger partial charge is 0.446 e. The Morgan fingerprint density at radius 3 is 2.29 bits per heavy atom. The van der Waals surface area contributed by atoms with Crippen molar-refractivity contribution in [1.29, 1.82) is 0 Å². The predicted molar refractivity (Wildman–Crippen MR) is 92.2 cm³/mol. The second-order valence-electron chi connectivity index (χ2n) is 4.86. The summed E-state index contributed by atoms with van der Waals surface area (Å²) in [4.78, 5) is 24.3. The molecule has 0 fully saturated rings. The third-order valence-corrected chi connectivity index (χ3v) is 3.42. The zero-order chi connectivity index (χ0) is 17.5. The Bertz CT molecular complexity index is 702. The van der Waals surface area contributed by atoms with Crippen LogP contribution in [0.3, 0.4) is 0 Å². The van der Waals surface area contributed by atoms with Crippen LogP contribution in [-0.2, 0) is 19.1 Å². The van der Waals surface area contributed by atoms with Gasteiger partial charge < -0.3 is 14.8 Å². The van der Waals surface area contributed by atoms with Gasteiger partial charge in [0, 0.05) is 28.4 Å². The summed E-state index contributed by atoms with van der Waals surface area (Å²) in [5.41, 5.74) is 0.939. The molecule has 1 atom stereocenters. The Labute approximate surface area is 149 Å². The van der Waals surface area contributed by atoms with Crippen molar-refractivity contribution in [3.05, 3.63) is 64.1 Å². The highest BCUT2D eigenvalue weighted by atomic mass is 35.5. The molecule has 7 heteroatoms. The number of hydrogen-bond acceptors (Lipinski definition) is 4. The van der Waals surface area contributed by atoms with Crippen LogP contribution in [0.15, 0.2) is 48.5 Å². The van der Waals surface area contributed by atoms with Crippen molar-refractivity contribution in [3.63, 3.8) is 0 Å². The van der Waals surface area contributed by atoms with Crippen LogP contribution in [0.25, 0.3) is 0 Å². The minimum Gasteiger partial charge on any atom is -0.446 e. The maximum atomic E-state index is 12.6. The smallest absolute Gasteiger partial charge is 0.333 e. The number of anilines is 1. The molecular weight excluding hydrogens is 353 g/mol. The molecule has 0 heterocycles. The molecule has 0 aliphatic heterocycles. The Kier molecular flexibility index (Phi) is 6.61. The molecule has 5 nitrogen and oxygen atoms in total. The third-order valence-electron chi connectivity index (χ3n) is 2.98. The summed E-state index contributed by atoms with van der Waals surface area (Å²) in [6, 6.07) is 13.3. The van der Waals surface area contributed by atoms with Gasteiger partial charge in [0.05, 0.1) is 0 Å². The molecule has 1 amide bonds. The number of amides is 1. The van der Waals surface area contributed by atoms with Crippen molar-refractivity contribution in [2.75, 3.05) is 19.0 Å². The molecule has 2 aromatic rings. The molecule has 24 heavy (non-hydrogen) atoms. The molecule has 0 saturated heterocycles. The summed E-state index contributed by atoms with van der Waals surface area (Å²) >= 11 is 11.8. The van der Waals surface area contributed by atoms with Crippen LogP contribution in [0, 0.1) is 0 Å². The maximum absolute atomic E-state index is 12.6. The van der Waals surface area contributed by atoms with Crippen LogP contribution in [0.1, 0.15) is 11.7 Å². The lowest BCUT2D eigenvalue weighted by atomic mass is 10.1. The predicted octanol–water partition coefficient (Wildman–Crippen LogP) is 3.86. The molecule has 2 rings (SSSR count). The van der Waals surface area contributed by atoms with E-state index in [1.807, 2.05) is 0 Å². The summed E-state index contributed by atoms with van der Waals surface area (Å²) in [5, 5.41) is 3.40. The lowest BCUT2D eigenvalue weighted by Crippen LogP contribution is -2.27. The fraction of sp³-hybridized carbons (Fsp3) is 0.176. The van der Waals surface area contributed by atoms with Gasteiger partial charge in [0.2, 0.25) is 6.10 Å². The zero-order valence-electron chi connectivity index (χ0n) is 12.8. The number of methoxy groups -OCH3 is 1. The molecule has 0 aliphatic rings. The summed E-state index contributed by atoms with van der Waals surface area (Å²) < 4.78 is 9.96. The second kappa shape index (κ2) is 8.68. The van der Waals surface area contributed by atoms with Gasteiger partial charge in [0.1, 0.15) is 6.61 Å². The van der Waals surface area contributed by atoms with E-state index in [0.717, 1.165) is 0 Å². The van der Waals surface area contributed by atoms with Crippen LogP contribution in [0.4, 0.5) is 5.69 Å². The molecular formula is C17H15Cl2NO4. The van der Waals surface area contributed by atoms with Gasteiger partial charge in [0.25, 0.3) is 5.91 Å². The van der Waals surface area contributed by atoms with Gasteiger partial charge in [-0.15, -0.1) is 0 Å². The van der Waals surface area contributed by atoms with Crippen LogP contribution < -0.4 is 5.32 Å². The molecule has 0 saturated carbocycles. The molecule has 0 aromatic heterocycles. The number of carbonyl (C=O) groups is 2. The minimum absolute atomic E-state index is 0.250. The first-order chi connectivity index (χ1) is 11.5. The highest BCUT2D eigenvalue weighted by Gasteiger charge is 2.25. The molecule has 126 valence electrons. The van der Waals surface area contributed by atoms with Crippen molar-refractivity contribution in [1.82, 2.24) is 0 Å². The van der Waals surface area contributed by atoms with E-state index in [1.54, 1.807) is 48.5 Å². The SMILES string of the molecule is COCC(=O)O[C@@H](C(=O)Nc1cc(Cl)cc(Cl)c1)c1ccccc1. The number of benzene rings is 2. The van der Waals surface area contributed by atoms with E-state index >= 15 is 0 Å². The fourth-order valence-electron chi connectivity index (χ4n) is 2.02. The molecule has 0 spiro atoms. The summed E-state index contributed by atoms with van der Waals surface area (Å²) in [5.74, 6) is -1.17. The molecule has 0 aliphatic carbocycles. The molecule has 0 unspecified atom stereocenters. The van der Waals surface area contributed by atoms with Gasteiger partial charge in [-0.05, 0) is 18.2 Å². The van der Waals surface area contributed by atoms with Gasteiger partial charge in [-0.1, -0.05) is 53.5 Å². The average molecular weight is 368 g/mol. The topological polar surface area (TPSA) is 64.6 Å². The number of hydrogen-bond donors (Lipinski definition) is 1. The van der Waals surface area contributed by atoms with E-state index < -0.39 is 18.0 Å². The van der Waals surface area contributed by atoms with Gasteiger partial charge in [-0.25, -0.2) is 4.79 Å². The first-order valence-electron chi connectivity index (χ1n) is 7.00. The second-order valence-corrected chi connectivity index (χ2v) is 5.73. The van der Waals surface area contributed by atoms with Crippen LogP contribution >= 0.6 is 23.2 Å². The van der Waals surface area contributed by atoms with E-state index in [0.29, 0.717) is 21.3 Å². The molecule has 0 bridgehead atoms. The van der Waals surface area contributed by atoms with E-state index in [9.17, 15) is 9.59 Å². The first kappa shape index (κ1) is 18.3. The Hall–Kier alpha value is -2.08. The van der Waals surface area contributed by atoms with E-state index in [-0.39, 0.29) is 6.61 Å². The Balaban J connectivity index is 2.22. The maximum Gasteiger partial charge on any atom is 0.333 e. The van der Waals surface area contributed by atoms with Crippen molar-refractivity contribution < 1.29 is 19.1 Å². The monoisotopic (exact) mass is 367 g/mol. The molecule has 2 aromatic carbocycles. The van der Waals surface area contributed by atoms with Crippen LogP contribution in [0.2, 0.25) is 10.0 Å². The van der Waals surface area contributed by atoms with Gasteiger partial charge >= 0.3 is 5.97 Å². The fourth-order valence-corrected chi connectivity index (χ4v) is 2.54. The normalized spacial score (nSPS) is 11.6. The van der Waals surface area contributed by atoms with Crippen molar-refractivity contribution in [2.45, 2.75) is 6.10 Å². The van der Waals surface area contributed by atoms with Crippen LogP contribution in [0.5, 0.6) is 0 Å². The first-order valence-corrected chi connectivity index (χ1v) is 7.75. The number of carbonyl (C=O) groups excluding carboxylic acids is 2. The Morgan fingerprint density at radius 2 is 1.71 bits per heavy atom. The number of esters is 1. The zero-order valence-corrected chi connectivity index (χ0v) is 14.3. The quantitative estimate of drug-likeness (QED) is 0.787. The highest BCUT2D eigenvalue weighted by Crippen LogP contribution is 2.25. The summed E-state index contributed by atoms with van der Waals surface area (Å²) in [6.07, 6.45) is -1.12.